The highest BCUT2D eigenvalue weighted by Crippen LogP contribution is 2.34. The molecule has 1 aromatic carbocycles. The summed E-state index contributed by atoms with van der Waals surface area (Å²) in [5, 5.41) is 0. The van der Waals surface area contributed by atoms with E-state index in [2.05, 4.69) is 35.0 Å². The quantitative estimate of drug-likeness (QED) is 0.644. The first-order valence-electron chi connectivity index (χ1n) is 12.1. The number of esters is 1. The van der Waals surface area contributed by atoms with Crippen molar-refractivity contribution >= 4 is 17.7 Å². The molecular weight excluding hydrogens is 390 g/mol. The van der Waals surface area contributed by atoms with Crippen molar-refractivity contribution in [3.8, 4) is 0 Å². The lowest BCUT2D eigenvalue weighted by Crippen LogP contribution is -2.40. The fourth-order valence-corrected chi connectivity index (χ4v) is 5.41. The molecule has 6 nitrogen and oxygen atoms in total. The Labute approximate surface area is 186 Å². The van der Waals surface area contributed by atoms with Crippen molar-refractivity contribution in [3.05, 3.63) is 29.3 Å². The Morgan fingerprint density at radius 3 is 2.58 bits per heavy atom. The Bertz CT molecular complexity index is 790. The first kappa shape index (κ1) is 22.1. The summed E-state index contributed by atoms with van der Waals surface area (Å²) >= 11 is 0. The zero-order valence-corrected chi connectivity index (χ0v) is 19.1. The molecule has 1 saturated heterocycles. The second-order valence-corrected chi connectivity index (χ2v) is 9.35. The maximum Gasteiger partial charge on any atom is 0.325 e. The minimum atomic E-state index is -0.170. The fourth-order valence-electron chi connectivity index (χ4n) is 5.41. The predicted molar refractivity (Wildman–Crippen MR) is 122 cm³/mol. The van der Waals surface area contributed by atoms with Gasteiger partial charge in [0.2, 0.25) is 0 Å². The molecule has 2 amide bonds. The first-order chi connectivity index (χ1) is 15.1. The second kappa shape index (κ2) is 10.0. The van der Waals surface area contributed by atoms with E-state index in [1.54, 1.807) is 0 Å². The van der Waals surface area contributed by atoms with Crippen molar-refractivity contribution in [2.45, 2.75) is 76.8 Å². The molecule has 170 valence electrons. The number of benzene rings is 1. The molecule has 4 rings (SSSR count). The van der Waals surface area contributed by atoms with E-state index in [1.807, 2.05) is 11.8 Å². The SMILES string of the molecule is CCOC(=O)CCC1CN(C2CCCCC2)C(=O)N1c1ccc2c(c1)CCN(C)CC2. The molecule has 1 aliphatic carbocycles. The molecule has 0 N–H and O–H groups in total. The van der Waals surface area contributed by atoms with Crippen molar-refractivity contribution in [2.75, 3.05) is 38.2 Å². The van der Waals surface area contributed by atoms with Crippen molar-refractivity contribution in [3.63, 3.8) is 0 Å². The molecule has 6 heteroatoms. The zero-order chi connectivity index (χ0) is 21.8. The van der Waals surface area contributed by atoms with Gasteiger partial charge in [0.15, 0.2) is 0 Å². The number of anilines is 1. The van der Waals surface area contributed by atoms with Gasteiger partial charge in [-0.25, -0.2) is 4.79 Å². The monoisotopic (exact) mass is 427 g/mol. The van der Waals surface area contributed by atoms with Gasteiger partial charge in [0.1, 0.15) is 0 Å². The van der Waals surface area contributed by atoms with Crippen LogP contribution in [0.4, 0.5) is 10.5 Å². The largest absolute Gasteiger partial charge is 0.466 e. The summed E-state index contributed by atoms with van der Waals surface area (Å²) in [4.78, 5) is 32.1. The van der Waals surface area contributed by atoms with Crippen LogP contribution in [0.25, 0.3) is 0 Å². The van der Waals surface area contributed by atoms with Crippen molar-refractivity contribution in [2.24, 2.45) is 0 Å². The van der Waals surface area contributed by atoms with Gasteiger partial charge >= 0.3 is 12.0 Å². The molecule has 31 heavy (non-hydrogen) atoms. The Morgan fingerprint density at radius 2 is 1.84 bits per heavy atom. The Morgan fingerprint density at radius 1 is 1.10 bits per heavy atom. The number of carbonyl (C=O) groups is 2. The number of carbonyl (C=O) groups excluding carboxylic acids is 2. The van der Waals surface area contributed by atoms with Crippen molar-refractivity contribution < 1.29 is 14.3 Å². The van der Waals surface area contributed by atoms with Crippen LogP contribution in [0, 0.1) is 0 Å². The molecule has 0 radical (unpaired) electrons. The third-order valence-electron chi connectivity index (χ3n) is 7.22. The molecule has 2 fully saturated rings. The standard InChI is InChI=1S/C25H37N3O3/c1-3-31-24(29)12-11-23-18-27(21-7-5-4-6-8-21)25(30)28(23)22-10-9-19-13-15-26(2)16-14-20(19)17-22/h9-10,17,21,23H,3-8,11-16,18H2,1-2H3. The van der Waals surface area contributed by atoms with Crippen LogP contribution < -0.4 is 4.90 Å². The van der Waals surface area contributed by atoms with Crippen LogP contribution in [-0.2, 0) is 22.4 Å². The number of nitrogens with zero attached hydrogens (tertiary/aromatic N) is 3. The molecule has 3 aliphatic rings. The summed E-state index contributed by atoms with van der Waals surface area (Å²) in [6.45, 7) is 5.07. The van der Waals surface area contributed by atoms with Crippen LogP contribution in [0.3, 0.4) is 0 Å². The highest BCUT2D eigenvalue weighted by atomic mass is 16.5. The Hall–Kier alpha value is -2.08. The van der Waals surface area contributed by atoms with Gasteiger partial charge in [0, 0.05) is 37.8 Å². The van der Waals surface area contributed by atoms with E-state index in [4.69, 9.17) is 4.74 Å². The van der Waals surface area contributed by atoms with Gasteiger partial charge < -0.3 is 14.5 Å². The van der Waals surface area contributed by atoms with E-state index in [-0.39, 0.29) is 18.0 Å². The maximum absolute atomic E-state index is 13.6. The lowest BCUT2D eigenvalue weighted by Gasteiger charge is -2.30. The lowest BCUT2D eigenvalue weighted by molar-refractivity contribution is -0.143. The third-order valence-corrected chi connectivity index (χ3v) is 7.22. The molecule has 1 aromatic rings. The van der Waals surface area contributed by atoms with Crippen molar-refractivity contribution in [1.29, 1.82) is 0 Å². The summed E-state index contributed by atoms with van der Waals surface area (Å²) < 4.78 is 5.15. The first-order valence-corrected chi connectivity index (χ1v) is 12.1. The van der Waals surface area contributed by atoms with E-state index >= 15 is 0 Å². The van der Waals surface area contributed by atoms with Gasteiger partial charge in [-0.05, 0) is 69.3 Å². The average molecular weight is 428 g/mol. The highest BCUT2D eigenvalue weighted by molar-refractivity contribution is 5.95. The molecule has 0 aromatic heterocycles. The smallest absolute Gasteiger partial charge is 0.325 e. The Balaban J connectivity index is 1.57. The van der Waals surface area contributed by atoms with Gasteiger partial charge in [-0.2, -0.15) is 0 Å². The van der Waals surface area contributed by atoms with Crippen LogP contribution in [0.1, 0.15) is 63.0 Å². The van der Waals surface area contributed by atoms with Crippen LogP contribution in [-0.4, -0.2) is 67.2 Å². The topological polar surface area (TPSA) is 53.1 Å². The summed E-state index contributed by atoms with van der Waals surface area (Å²) in [6, 6.07) is 7.03. The number of rotatable bonds is 6. The van der Waals surface area contributed by atoms with Gasteiger partial charge in [0.05, 0.1) is 12.6 Å². The molecular formula is C25H37N3O3. The average Bonchev–Trinajstić information content (AvgIpc) is 2.99. The number of hydrogen-bond donors (Lipinski definition) is 0. The number of amides is 2. The molecule has 0 bridgehead atoms. The number of hydrogen-bond acceptors (Lipinski definition) is 4. The minimum absolute atomic E-state index is 0.0188. The number of likely N-dealkylation sites (N-methyl/N-ethyl adjacent to an activating group) is 1. The molecule has 1 atom stereocenters. The summed E-state index contributed by atoms with van der Waals surface area (Å²) in [6.07, 6.45) is 8.95. The van der Waals surface area contributed by atoms with E-state index in [0.717, 1.165) is 44.5 Å². The van der Waals surface area contributed by atoms with Gasteiger partial charge in [-0.3, -0.25) is 9.69 Å². The zero-order valence-electron chi connectivity index (χ0n) is 19.1. The van der Waals surface area contributed by atoms with Crippen LogP contribution in [0.15, 0.2) is 18.2 Å². The van der Waals surface area contributed by atoms with Crippen LogP contribution in [0.2, 0.25) is 0 Å². The van der Waals surface area contributed by atoms with E-state index in [9.17, 15) is 9.59 Å². The van der Waals surface area contributed by atoms with E-state index in [1.165, 1.54) is 30.4 Å². The molecule has 1 saturated carbocycles. The van der Waals surface area contributed by atoms with E-state index in [0.29, 0.717) is 32.0 Å². The maximum atomic E-state index is 13.6. The number of ether oxygens (including phenoxy) is 1. The number of fused-ring (bicyclic) bond motifs is 1. The van der Waals surface area contributed by atoms with Gasteiger partial charge in [-0.1, -0.05) is 25.3 Å². The molecule has 0 spiro atoms. The van der Waals surface area contributed by atoms with Crippen LogP contribution in [0.5, 0.6) is 0 Å². The predicted octanol–water partition coefficient (Wildman–Crippen LogP) is 4.00. The molecule has 1 unspecified atom stereocenters. The van der Waals surface area contributed by atoms with Crippen molar-refractivity contribution in [1.82, 2.24) is 9.80 Å². The highest BCUT2D eigenvalue weighted by Gasteiger charge is 2.41. The molecule has 2 aliphatic heterocycles. The third kappa shape index (κ3) is 5.05. The van der Waals surface area contributed by atoms with Gasteiger partial charge in [0.25, 0.3) is 0 Å². The Kier molecular flexibility index (Phi) is 7.16. The van der Waals surface area contributed by atoms with E-state index < -0.39 is 0 Å². The normalized spacial score (nSPS) is 23.0. The number of urea groups is 1. The fraction of sp³-hybridized carbons (Fsp3) is 0.680. The summed E-state index contributed by atoms with van der Waals surface area (Å²) in [5.41, 5.74) is 3.74. The molecule has 2 heterocycles. The lowest BCUT2D eigenvalue weighted by atomic mass is 9.94. The minimum Gasteiger partial charge on any atom is -0.466 e. The second-order valence-electron chi connectivity index (χ2n) is 9.35. The van der Waals surface area contributed by atoms with Gasteiger partial charge in [-0.15, -0.1) is 0 Å². The summed E-state index contributed by atoms with van der Waals surface area (Å²) in [7, 11) is 2.17. The van der Waals surface area contributed by atoms with Crippen LogP contribution >= 0.6 is 0 Å². The summed E-state index contributed by atoms with van der Waals surface area (Å²) in [5.74, 6) is -0.170.